The molecule has 10 aromatic rings. The van der Waals surface area contributed by atoms with Gasteiger partial charge < -0.3 is 40.4 Å². The third kappa shape index (κ3) is 36.8. The number of nitrogen functional groups attached to an aromatic ring is 1. The molecule has 129 heavy (non-hydrogen) atoms. The zero-order chi connectivity index (χ0) is 96.9. The number of aliphatic hydroxyl groups excluding tert-OH is 1. The standard InChI is InChI=1S/C23H26ClN3O4S.C13H12ClN3O4.C13H14ClN3O2.C10H13ClO2S.C9H15NO3.C7H7ClN2O2.C6H3ClFNO2.C2H6O.FH.Fe.N2.2H2/c1-6-31-22(28)19-14-25-27(15(19)2)21-13-17(24)9-12-20(21)26-32(29,30)18-10-7-16(8-11-18)23(3,4)5;1-3-21-13(18)10-7-15-16(8(10)2)12-6-9(14)4-5-11(12)17(19)20;1-3-19-13(18)10-7-16-17(8(10)2)12-6-9(14)4-5-11(12)15;1-10(2,3)8-4-6-9(7-5-8)14(11,12)13;1-5-13-9(12)8(7(2)11)6-10(3)4;8-6-1-2-7(10(11)12)5(3-6)4-9;7-4-1-2-6(9(10)11)5(8)3-4;1-2-3;;;1-2;;/h7-14,26H,6H2,1-5H3;4-7H,3H2,1-2H3;4-7H,3,15H2,1-2H3;4-7H,1-3H3;6H,5H2,1-4H3;1-3H,4,9H2;1-3H;3H,2H2,1H3;1H;;;2*1H/b;;;;8-6+;;;;;;;;. The minimum Gasteiger partial charge on any atom is -0.462 e. The maximum atomic E-state index is 13.1. The van der Waals surface area contributed by atoms with Gasteiger partial charge in [0.05, 0.1) is 109 Å². The molecule has 0 saturated heterocycles. The number of anilines is 2. The molecule has 3 aromatic heterocycles. The first kappa shape index (κ1) is 117. The Hall–Kier alpha value is -11.6. The molecular formula is C83H101Cl6F2FeN15O20S2. The van der Waals surface area contributed by atoms with Crippen LogP contribution in [0.4, 0.5) is 37.5 Å². The summed E-state index contributed by atoms with van der Waals surface area (Å²) in [5.74, 6) is -3.18. The van der Waals surface area contributed by atoms with Crippen molar-refractivity contribution in [2.75, 3.05) is 57.6 Å². The molecular weight excluding hydrogens is 1900 g/mol. The smallest absolute Gasteiger partial charge is 0.343 e. The first-order chi connectivity index (χ1) is 59.3. The first-order valence-corrected chi connectivity index (χ1v) is 43.2. The van der Waals surface area contributed by atoms with Gasteiger partial charge in [-0.05, 0) is 181 Å². The van der Waals surface area contributed by atoms with Crippen LogP contribution in [0.25, 0.3) is 17.1 Å². The molecule has 0 aliphatic carbocycles. The van der Waals surface area contributed by atoms with Crippen LogP contribution in [0, 0.1) is 67.7 Å². The van der Waals surface area contributed by atoms with E-state index in [0.717, 1.165) is 23.3 Å². The van der Waals surface area contributed by atoms with Gasteiger partial charge in [0.2, 0.25) is 5.82 Å². The van der Waals surface area contributed by atoms with E-state index < -0.39 is 69.2 Å². The Kier molecular flexibility index (Phi) is 50.4. The van der Waals surface area contributed by atoms with E-state index in [9.17, 15) is 75.5 Å². The van der Waals surface area contributed by atoms with Crippen LogP contribution in [0.5, 0.6) is 0 Å². The number of rotatable bonds is 21. The zero-order valence-electron chi connectivity index (χ0n) is 72.8. The number of nitrogens with zero attached hydrogens (tertiary/aromatic N) is 12. The fourth-order valence-corrected chi connectivity index (χ4v) is 12.9. The van der Waals surface area contributed by atoms with E-state index in [2.05, 4.69) is 61.6 Å². The Morgan fingerprint density at radius 3 is 1.24 bits per heavy atom. The minimum atomic E-state index is -3.88. The maximum absolute atomic E-state index is 13.1. The second-order valence-electron chi connectivity index (χ2n) is 27.9. The molecule has 0 unspecified atom stereocenters. The number of hydrogen-bond acceptors (Lipinski definition) is 28. The average molecular weight is 2000 g/mol. The number of nitrogens with two attached hydrogens (primary N) is 2. The van der Waals surface area contributed by atoms with Gasteiger partial charge in [0.15, 0.2) is 5.78 Å². The van der Waals surface area contributed by atoms with Crippen molar-refractivity contribution in [1.29, 1.82) is 10.8 Å². The molecule has 0 radical (unpaired) electrons. The molecule has 0 bridgehead atoms. The van der Waals surface area contributed by atoms with Crippen LogP contribution in [0.1, 0.15) is 151 Å². The largest absolute Gasteiger partial charge is 0.462 e. The van der Waals surface area contributed by atoms with Gasteiger partial charge in [-0.1, -0.05) is 124 Å². The quantitative estimate of drug-likeness (QED) is 0.00443. The molecule has 7 aromatic carbocycles. The van der Waals surface area contributed by atoms with Crippen LogP contribution >= 0.6 is 68.7 Å². The maximum Gasteiger partial charge on any atom is 0.343 e. The van der Waals surface area contributed by atoms with Crippen LogP contribution in [0.2, 0.25) is 25.1 Å². The number of sulfonamides is 1. The number of hydrogen-bond donors (Lipinski definition) is 4. The van der Waals surface area contributed by atoms with Gasteiger partial charge in [0.25, 0.3) is 30.4 Å². The molecule has 10 rings (SSSR count). The van der Waals surface area contributed by atoms with Gasteiger partial charge in [-0.25, -0.2) is 50.1 Å². The number of nitro benzene ring substituents is 3. The van der Waals surface area contributed by atoms with Crippen molar-refractivity contribution in [3.8, 4) is 17.1 Å². The molecule has 35 nitrogen and oxygen atoms in total. The Labute approximate surface area is 787 Å². The normalized spacial score (nSPS) is 10.6. The number of ether oxygens (including phenoxy) is 4. The number of aromatic nitrogens is 6. The van der Waals surface area contributed by atoms with E-state index in [0.29, 0.717) is 77.5 Å². The van der Waals surface area contributed by atoms with Gasteiger partial charge in [-0.15, -0.1) is 0 Å². The van der Waals surface area contributed by atoms with Gasteiger partial charge in [0, 0.05) is 124 Å². The Balaban J connectivity index is -0.00000148. The van der Waals surface area contributed by atoms with Crippen LogP contribution in [-0.4, -0.2) is 148 Å². The van der Waals surface area contributed by atoms with Crippen molar-refractivity contribution in [3.05, 3.63) is 282 Å². The third-order valence-electron chi connectivity index (χ3n) is 16.4. The molecule has 0 saturated carbocycles. The number of nitro groups is 3. The van der Waals surface area contributed by atoms with Crippen LogP contribution in [-0.2, 0) is 82.1 Å². The van der Waals surface area contributed by atoms with Crippen LogP contribution < -0.4 is 16.2 Å². The summed E-state index contributed by atoms with van der Waals surface area (Å²) in [7, 11) is 1.21. The summed E-state index contributed by atoms with van der Waals surface area (Å²) in [6.07, 6.45) is 5.63. The summed E-state index contributed by atoms with van der Waals surface area (Å²) >= 11 is 29.0. The summed E-state index contributed by atoms with van der Waals surface area (Å²) in [6.45, 7) is 28.8. The number of esters is 4. The van der Waals surface area contributed by atoms with E-state index >= 15 is 0 Å². The molecule has 3 heterocycles. The summed E-state index contributed by atoms with van der Waals surface area (Å²) in [5, 5.41) is 65.5. The summed E-state index contributed by atoms with van der Waals surface area (Å²) in [6, 6.07) is 34.9. The molecule has 0 amide bonds. The molecule has 0 atom stereocenters. The Morgan fingerprint density at radius 2 is 0.884 bits per heavy atom. The molecule has 704 valence electrons. The second-order valence-corrected chi connectivity index (χ2v) is 34.3. The Bertz CT molecular complexity index is 5800. The third-order valence-corrected chi connectivity index (χ3v) is 20.3. The number of ketones is 1. The van der Waals surface area contributed by atoms with E-state index in [4.69, 9.17) is 115 Å². The first-order valence-electron chi connectivity index (χ1n) is 37.5. The van der Waals surface area contributed by atoms with Crippen LogP contribution in [0.15, 0.2) is 180 Å². The minimum absolute atomic E-state index is 0. The molecule has 0 fully saturated rings. The zero-order valence-corrected chi connectivity index (χ0v) is 80.1. The van der Waals surface area contributed by atoms with Crippen molar-refractivity contribution in [2.45, 2.75) is 131 Å². The van der Waals surface area contributed by atoms with E-state index in [1.165, 1.54) is 95.7 Å². The summed E-state index contributed by atoms with van der Waals surface area (Å²) in [4.78, 5) is 89.5. The molecule has 0 aliphatic rings. The average Bonchev–Trinajstić information content (AvgIpc) is 1.75. The summed E-state index contributed by atoms with van der Waals surface area (Å²) < 4.78 is 87.2. The number of halogens is 8. The predicted octanol–water partition coefficient (Wildman–Crippen LogP) is 18.9. The predicted molar refractivity (Wildman–Crippen MR) is 489 cm³/mol. The second kappa shape index (κ2) is 55.3. The van der Waals surface area contributed by atoms with Gasteiger partial charge in [-0.3, -0.25) is 44.6 Å². The Morgan fingerprint density at radius 1 is 0.550 bits per heavy atom. The number of nitrogens with one attached hydrogen (secondary N) is 1. The SMILES string of the molecule is CC(C)(C)c1ccc(S(=O)(=O)Cl)cc1.CCO.CCOC(=O)/C(=C/N(C)C)C(C)=O.CCOC(=O)c1cnn(-c2cc(Cl)ccc2N)c1C.CCOC(=O)c1cnn(-c2cc(Cl)ccc2NS(=O)(=O)c2ccc(C(C)(C)C)cc2)c1C.CCOC(=O)c1cnn(-c2cc(Cl)ccc2[N+](=O)[O-])c1C.F.N#N.NCc1cc(Cl)ccc1[N+](=O)[O-].O=[N+]([O-])c1ccc(Cl)cc1F.[Fe].[HH].[HH]. The monoisotopic (exact) mass is 2000 g/mol. The van der Waals surface area contributed by atoms with E-state index in [1.807, 2.05) is 0 Å². The number of carbonyl (C=O) groups excluding carboxylic acids is 5. The number of Topliss-reactive ketones (excluding diaryl/α,β-unsaturated/α-hetero) is 1. The molecule has 46 heteroatoms. The van der Waals surface area contributed by atoms with Gasteiger partial charge >= 0.3 is 29.6 Å². The molecule has 0 spiro atoms. The van der Waals surface area contributed by atoms with Crippen molar-refractivity contribution >= 4 is 146 Å². The van der Waals surface area contributed by atoms with Gasteiger partial charge in [0.1, 0.15) is 28.0 Å². The van der Waals surface area contributed by atoms with Crippen LogP contribution in [0.3, 0.4) is 0 Å². The van der Waals surface area contributed by atoms with E-state index in [-0.39, 0.29) is 123 Å². The van der Waals surface area contributed by atoms with Crippen molar-refractivity contribution in [3.63, 3.8) is 0 Å². The number of aliphatic hydroxyl groups is 1. The van der Waals surface area contributed by atoms with Gasteiger partial charge in [-0.2, -0.15) is 19.7 Å². The summed E-state index contributed by atoms with van der Waals surface area (Å²) in [5.41, 5.74) is 17.7. The van der Waals surface area contributed by atoms with E-state index in [1.54, 1.807) is 152 Å². The molecule has 0 aliphatic heterocycles. The van der Waals surface area contributed by atoms with Crippen molar-refractivity contribution in [2.24, 2.45) is 5.73 Å². The fourth-order valence-electron chi connectivity index (χ4n) is 10.2. The fraction of sp³-hybridized carbons (Fsp3) is 0.301. The topological polar surface area (TPSA) is 509 Å². The van der Waals surface area contributed by atoms with Crippen molar-refractivity contribution in [1.82, 2.24) is 34.2 Å². The number of carbonyl (C=O) groups is 5. The number of benzene rings is 7. The van der Waals surface area contributed by atoms with Crippen molar-refractivity contribution < 1.29 is 109 Å². The molecule has 6 N–H and O–H groups in total.